The topological polar surface area (TPSA) is 148 Å². The lowest BCUT2D eigenvalue weighted by atomic mass is 9.81. The predicted molar refractivity (Wildman–Crippen MR) is 362 cm³/mol. The molecule has 96 heavy (non-hydrogen) atoms. The average molecular weight is 1300 g/mol. The fourth-order valence-corrected chi connectivity index (χ4v) is 13.8. The normalized spacial score (nSPS) is 14.3. The smallest absolute Gasteiger partial charge is 0.416 e. The van der Waals surface area contributed by atoms with Crippen molar-refractivity contribution >= 4 is 56.9 Å². The molecule has 1 aliphatic heterocycles. The summed E-state index contributed by atoms with van der Waals surface area (Å²) in [5.74, 6) is 1.06. The van der Waals surface area contributed by atoms with Crippen LogP contribution in [0.25, 0.3) is 55.0 Å². The number of esters is 3. The second kappa shape index (κ2) is 26.7. The van der Waals surface area contributed by atoms with Crippen LogP contribution < -0.4 is 18.9 Å². The first-order chi connectivity index (χ1) is 46.5. The van der Waals surface area contributed by atoms with Gasteiger partial charge in [-0.25, -0.2) is 14.4 Å². The standard InChI is InChI=1S/C79H72F3N3O11/c1-7-91-75(87)72-63(60-23-10-12-25-65(60)83(72)43-48-17-15-21-57(35-48)79(80,81)82)40-55-39-62(55)54-34-51(37-59(38-54)90-6)45-85-67-42-69-68(95-47-96-69)41-64(67)70(73(85)76(88)92-8-2)52-27-29-56(30-28-52)78(4,5)31-32-94-58-22-16-18-49(36-58)44-84-66-26-13-11-24-61(66)71(74(84)77(89)93-9-3)53-20-14-19-50(33-53)46-86/h10-30,33-38,41-42,46,55,62H,7-9,31-32,39-40,43-45,47H2,1-6H3. The van der Waals surface area contributed by atoms with Crippen molar-refractivity contribution in [2.45, 2.75) is 91.0 Å². The highest BCUT2D eigenvalue weighted by Gasteiger charge is 2.41. The van der Waals surface area contributed by atoms with Crippen molar-refractivity contribution in [1.82, 2.24) is 13.7 Å². The number of aromatic nitrogens is 3. The van der Waals surface area contributed by atoms with Gasteiger partial charge in [0.05, 0.1) is 44.6 Å². The number of alkyl halides is 3. The van der Waals surface area contributed by atoms with E-state index in [9.17, 15) is 32.3 Å². The summed E-state index contributed by atoms with van der Waals surface area (Å²) < 4.78 is 89.1. The highest BCUT2D eigenvalue weighted by molar-refractivity contribution is 6.11. The quantitative estimate of drug-likeness (QED) is 0.0323. The van der Waals surface area contributed by atoms with Gasteiger partial charge in [-0.3, -0.25) is 4.79 Å². The molecule has 17 heteroatoms. The molecule has 0 bridgehead atoms. The van der Waals surface area contributed by atoms with Crippen molar-refractivity contribution in [2.75, 3.05) is 40.3 Å². The van der Waals surface area contributed by atoms with Gasteiger partial charge in [-0.15, -0.1) is 0 Å². The number of hydrogen-bond donors (Lipinski definition) is 0. The van der Waals surface area contributed by atoms with Crippen molar-refractivity contribution in [3.8, 4) is 45.3 Å². The van der Waals surface area contributed by atoms with Crippen LogP contribution in [0.3, 0.4) is 0 Å². The number of carbonyl (C=O) groups is 4. The molecule has 2 unspecified atom stereocenters. The molecule has 0 spiro atoms. The van der Waals surface area contributed by atoms with Gasteiger partial charge >= 0.3 is 24.1 Å². The molecule has 0 N–H and O–H groups in total. The summed E-state index contributed by atoms with van der Waals surface area (Å²) in [5.41, 5.74) is 10.7. The van der Waals surface area contributed by atoms with Crippen molar-refractivity contribution in [2.24, 2.45) is 5.92 Å². The number of halogens is 3. The van der Waals surface area contributed by atoms with Gasteiger partial charge in [-0.05, 0) is 162 Å². The van der Waals surface area contributed by atoms with Crippen LogP contribution in [0.2, 0.25) is 0 Å². The van der Waals surface area contributed by atoms with E-state index in [-0.39, 0.29) is 57.0 Å². The summed E-state index contributed by atoms with van der Waals surface area (Å²) in [6.45, 7) is 11.2. The maximum absolute atomic E-state index is 14.7. The Labute approximate surface area is 553 Å². The van der Waals surface area contributed by atoms with Crippen LogP contribution in [-0.4, -0.2) is 78.2 Å². The van der Waals surface area contributed by atoms with Crippen molar-refractivity contribution < 1.29 is 65.5 Å². The largest absolute Gasteiger partial charge is 0.497 e. The van der Waals surface area contributed by atoms with Gasteiger partial charge in [0.2, 0.25) is 6.79 Å². The molecule has 2 atom stereocenters. The molecule has 0 amide bonds. The second-order valence-corrected chi connectivity index (χ2v) is 25.0. The maximum atomic E-state index is 14.7. The molecule has 14 nitrogen and oxygen atoms in total. The number of methoxy groups -OCH3 is 1. The minimum absolute atomic E-state index is 0.0282. The van der Waals surface area contributed by atoms with Crippen LogP contribution in [0.5, 0.6) is 23.0 Å². The predicted octanol–water partition coefficient (Wildman–Crippen LogP) is 17.2. The number of nitrogens with zero attached hydrogens (tertiary/aromatic N) is 3. The highest BCUT2D eigenvalue weighted by Crippen LogP contribution is 2.52. The average Bonchev–Trinajstić information content (AvgIpc) is 1.59. The molecule has 1 aliphatic carbocycles. The van der Waals surface area contributed by atoms with Crippen LogP contribution in [0.1, 0.15) is 134 Å². The summed E-state index contributed by atoms with van der Waals surface area (Å²) >= 11 is 0. The van der Waals surface area contributed by atoms with Crippen LogP contribution in [0.4, 0.5) is 13.2 Å². The molecule has 490 valence electrons. The van der Waals surface area contributed by atoms with E-state index in [0.29, 0.717) is 88.3 Å². The van der Waals surface area contributed by atoms with E-state index in [4.69, 9.17) is 33.2 Å². The molecule has 2 aliphatic rings. The summed E-state index contributed by atoms with van der Waals surface area (Å²) in [7, 11) is 1.62. The fraction of sp³-hybridized carbons (Fsp3) is 0.266. The molecule has 1 fully saturated rings. The van der Waals surface area contributed by atoms with Crippen molar-refractivity contribution in [3.05, 3.63) is 238 Å². The van der Waals surface area contributed by atoms with Crippen LogP contribution in [0, 0.1) is 5.92 Å². The first kappa shape index (κ1) is 64.2. The Morgan fingerprint density at radius 1 is 0.552 bits per heavy atom. The molecule has 8 aromatic carbocycles. The third kappa shape index (κ3) is 12.7. The summed E-state index contributed by atoms with van der Waals surface area (Å²) in [6, 6.07) is 54.0. The molecule has 0 radical (unpaired) electrons. The summed E-state index contributed by atoms with van der Waals surface area (Å²) in [4.78, 5) is 54.5. The Morgan fingerprint density at radius 3 is 1.81 bits per heavy atom. The molecular formula is C79H72F3N3O11. The van der Waals surface area contributed by atoms with Gasteiger partial charge in [-0.1, -0.05) is 123 Å². The second-order valence-electron chi connectivity index (χ2n) is 25.0. The van der Waals surface area contributed by atoms with Gasteiger partial charge in [-0.2, -0.15) is 13.2 Å². The first-order valence-electron chi connectivity index (χ1n) is 32.4. The monoisotopic (exact) mass is 1300 g/mol. The minimum atomic E-state index is -4.53. The van der Waals surface area contributed by atoms with Crippen LogP contribution >= 0.6 is 0 Å². The lowest BCUT2D eigenvalue weighted by Gasteiger charge is -2.26. The maximum Gasteiger partial charge on any atom is 0.416 e. The van der Waals surface area contributed by atoms with E-state index >= 15 is 0 Å². The Morgan fingerprint density at radius 2 is 1.14 bits per heavy atom. The number of rotatable bonds is 24. The van der Waals surface area contributed by atoms with E-state index in [0.717, 1.165) is 96.5 Å². The SMILES string of the molecule is CCOC(=O)c1c(CC2CC2c2cc(Cn3c(C(=O)OCC)c(-c4ccc(C(C)(C)CCOc5cccc(Cn6c(C(=O)OCC)c(-c7cccc(C=O)c7)c7ccccc76)c5)cc4)c4cc5c(cc43)OCO5)cc(OC)c2)c2ccccc2n1Cc1cccc(C(F)(F)F)c1. The van der Waals surface area contributed by atoms with Gasteiger partial charge in [0.25, 0.3) is 0 Å². The summed E-state index contributed by atoms with van der Waals surface area (Å²) in [6.07, 6.45) is -1.78. The third-order valence-electron chi connectivity index (χ3n) is 18.5. The zero-order valence-corrected chi connectivity index (χ0v) is 54.2. The highest BCUT2D eigenvalue weighted by atomic mass is 19.4. The van der Waals surface area contributed by atoms with Crippen LogP contribution in [-0.2, 0) is 51.9 Å². The number of carbonyl (C=O) groups excluding carboxylic acids is 4. The van der Waals surface area contributed by atoms with Crippen molar-refractivity contribution in [3.63, 3.8) is 0 Å². The number of fused-ring (bicyclic) bond motifs is 4. The Kier molecular flexibility index (Phi) is 17.8. The molecule has 1 saturated carbocycles. The van der Waals surface area contributed by atoms with E-state index < -0.39 is 29.6 Å². The van der Waals surface area contributed by atoms with Crippen molar-refractivity contribution in [1.29, 1.82) is 0 Å². The van der Waals surface area contributed by atoms with E-state index in [1.807, 2.05) is 130 Å². The zero-order valence-electron chi connectivity index (χ0n) is 54.2. The van der Waals surface area contributed by atoms with Gasteiger partial charge in [0.15, 0.2) is 11.5 Å². The number of ether oxygens (including phenoxy) is 7. The molecule has 4 heterocycles. The first-order valence-corrected chi connectivity index (χ1v) is 32.4. The lowest BCUT2D eigenvalue weighted by molar-refractivity contribution is -0.137. The minimum Gasteiger partial charge on any atom is -0.497 e. The number of hydrogen-bond acceptors (Lipinski definition) is 11. The lowest BCUT2D eigenvalue weighted by Crippen LogP contribution is -2.20. The van der Waals surface area contributed by atoms with E-state index in [1.165, 1.54) is 6.07 Å². The fourth-order valence-electron chi connectivity index (χ4n) is 13.8. The van der Waals surface area contributed by atoms with E-state index in [2.05, 4.69) is 32.0 Å². The Bertz CT molecular complexity index is 4810. The van der Waals surface area contributed by atoms with Gasteiger partial charge in [0.1, 0.15) is 34.9 Å². The Balaban J connectivity index is 0.764. The number of para-hydroxylation sites is 2. The van der Waals surface area contributed by atoms with Crippen LogP contribution in [0.15, 0.2) is 176 Å². The zero-order chi connectivity index (χ0) is 67.0. The van der Waals surface area contributed by atoms with Gasteiger partial charge < -0.3 is 46.9 Å². The molecule has 13 rings (SSSR count). The molecular weight excluding hydrogens is 1220 g/mol. The molecule has 0 saturated heterocycles. The summed E-state index contributed by atoms with van der Waals surface area (Å²) in [5, 5.41) is 2.47. The van der Waals surface area contributed by atoms with Gasteiger partial charge in [0, 0.05) is 69.6 Å². The number of aldehydes is 1. The number of benzene rings is 8. The molecule has 3 aromatic heterocycles. The third-order valence-corrected chi connectivity index (χ3v) is 18.5. The molecule has 11 aromatic rings. The van der Waals surface area contributed by atoms with E-state index in [1.54, 1.807) is 50.6 Å². The Hall–Kier alpha value is -10.6.